The minimum atomic E-state index is 0.618. The highest BCUT2D eigenvalue weighted by atomic mass is 32.1. The van der Waals surface area contributed by atoms with E-state index in [-0.39, 0.29) is 0 Å². The van der Waals surface area contributed by atoms with Crippen LogP contribution in [0.5, 0.6) is 0 Å². The second kappa shape index (κ2) is 7.51. The van der Waals surface area contributed by atoms with Gasteiger partial charge in [-0.3, -0.25) is 4.90 Å². The molecule has 118 valence electrons. The molecular weight excluding hydrogens is 310 g/mol. The molecule has 0 spiro atoms. The van der Waals surface area contributed by atoms with E-state index in [0.29, 0.717) is 6.04 Å². The Morgan fingerprint density at radius 1 is 1.41 bits per heavy atom. The Hall–Kier alpha value is -1.01. The molecule has 0 atom stereocenters. The second-order valence-electron chi connectivity index (χ2n) is 6.04. The lowest BCUT2D eigenvalue weighted by Crippen LogP contribution is -2.42. The minimum absolute atomic E-state index is 0.618. The predicted octanol–water partition coefficient (Wildman–Crippen LogP) is 4.00. The van der Waals surface area contributed by atoms with Crippen LogP contribution in [0.1, 0.15) is 25.5 Å². The van der Waals surface area contributed by atoms with Gasteiger partial charge in [0.05, 0.1) is 5.69 Å². The van der Waals surface area contributed by atoms with Gasteiger partial charge in [0.15, 0.2) is 0 Å². The average Bonchev–Trinajstić information content (AvgIpc) is 3.17. The smallest absolute Gasteiger partial charge is 0.124 e. The Labute approximate surface area is 140 Å². The lowest BCUT2D eigenvalue weighted by Gasteiger charge is -2.32. The van der Waals surface area contributed by atoms with Crippen molar-refractivity contribution in [3.8, 4) is 10.6 Å². The van der Waals surface area contributed by atoms with Crippen molar-refractivity contribution in [2.24, 2.45) is 0 Å². The maximum Gasteiger partial charge on any atom is 0.124 e. The first-order chi connectivity index (χ1) is 10.7. The summed E-state index contributed by atoms with van der Waals surface area (Å²) in [5.41, 5.74) is 3.67. The SMILES string of the molecule is C=C(C)CN1CCC(NCc2csc(-c3ccsc3)n2)CC1. The molecular formula is C17H23N3S2. The number of hydrogen-bond acceptors (Lipinski definition) is 5. The van der Waals surface area contributed by atoms with Crippen LogP contribution in [0.3, 0.4) is 0 Å². The van der Waals surface area contributed by atoms with Gasteiger partial charge < -0.3 is 5.32 Å². The van der Waals surface area contributed by atoms with Crippen LogP contribution in [0.25, 0.3) is 10.6 Å². The Morgan fingerprint density at radius 3 is 2.91 bits per heavy atom. The minimum Gasteiger partial charge on any atom is -0.308 e. The van der Waals surface area contributed by atoms with Gasteiger partial charge in [0.1, 0.15) is 5.01 Å². The van der Waals surface area contributed by atoms with Gasteiger partial charge in [-0.1, -0.05) is 12.2 Å². The third-order valence-corrected chi connectivity index (χ3v) is 5.60. The zero-order valence-electron chi connectivity index (χ0n) is 13.0. The zero-order valence-corrected chi connectivity index (χ0v) is 14.7. The second-order valence-corrected chi connectivity index (χ2v) is 7.68. The summed E-state index contributed by atoms with van der Waals surface area (Å²) in [4.78, 5) is 7.23. The quantitative estimate of drug-likeness (QED) is 0.810. The van der Waals surface area contributed by atoms with Gasteiger partial charge in [0, 0.05) is 35.5 Å². The van der Waals surface area contributed by atoms with Crippen LogP contribution < -0.4 is 5.32 Å². The number of thiazole rings is 1. The lowest BCUT2D eigenvalue weighted by molar-refractivity contribution is 0.211. The highest BCUT2D eigenvalue weighted by Gasteiger charge is 2.18. The molecule has 3 heterocycles. The van der Waals surface area contributed by atoms with Crippen molar-refractivity contribution >= 4 is 22.7 Å². The molecule has 1 fully saturated rings. The number of rotatable bonds is 6. The van der Waals surface area contributed by atoms with E-state index in [9.17, 15) is 0 Å². The molecule has 1 aliphatic rings. The van der Waals surface area contributed by atoms with Gasteiger partial charge in [0.25, 0.3) is 0 Å². The van der Waals surface area contributed by atoms with Crippen molar-refractivity contribution in [3.63, 3.8) is 0 Å². The van der Waals surface area contributed by atoms with Crippen molar-refractivity contribution in [1.29, 1.82) is 0 Å². The predicted molar refractivity (Wildman–Crippen MR) is 96.5 cm³/mol. The van der Waals surface area contributed by atoms with Crippen LogP contribution in [0.4, 0.5) is 0 Å². The van der Waals surface area contributed by atoms with Gasteiger partial charge in [-0.25, -0.2) is 4.98 Å². The number of piperidine rings is 1. The first-order valence-corrected chi connectivity index (χ1v) is 9.60. The molecule has 2 aromatic rings. The lowest BCUT2D eigenvalue weighted by atomic mass is 10.0. The Balaban J connectivity index is 1.45. The molecule has 0 aliphatic carbocycles. The molecule has 0 radical (unpaired) electrons. The average molecular weight is 334 g/mol. The molecule has 3 rings (SSSR count). The van der Waals surface area contributed by atoms with E-state index in [1.54, 1.807) is 22.7 Å². The maximum atomic E-state index is 4.73. The van der Waals surface area contributed by atoms with Crippen LogP contribution in [-0.4, -0.2) is 35.6 Å². The molecule has 3 nitrogen and oxygen atoms in total. The standard InChI is InChI=1S/C17H23N3S2/c1-13(2)10-20-6-3-15(4-7-20)18-9-16-12-22-17(19-16)14-5-8-21-11-14/h5,8,11-12,15,18H,1,3-4,6-7,9-10H2,2H3. The number of hydrogen-bond donors (Lipinski definition) is 1. The molecule has 1 N–H and O–H groups in total. The summed E-state index contributed by atoms with van der Waals surface area (Å²) < 4.78 is 0. The monoisotopic (exact) mass is 333 g/mol. The van der Waals surface area contributed by atoms with Gasteiger partial charge in [-0.05, 0) is 44.3 Å². The van der Waals surface area contributed by atoms with Gasteiger partial charge in [-0.2, -0.15) is 11.3 Å². The molecule has 0 aromatic carbocycles. The third-order valence-electron chi connectivity index (χ3n) is 3.97. The molecule has 0 saturated carbocycles. The zero-order chi connectivity index (χ0) is 15.4. The van der Waals surface area contributed by atoms with Crippen molar-refractivity contribution in [2.75, 3.05) is 19.6 Å². The maximum absolute atomic E-state index is 4.73. The first kappa shape index (κ1) is 15.9. The fraction of sp³-hybridized carbons (Fsp3) is 0.471. The van der Waals surface area contributed by atoms with Crippen LogP contribution >= 0.6 is 22.7 Å². The van der Waals surface area contributed by atoms with Crippen LogP contribution in [0.2, 0.25) is 0 Å². The summed E-state index contributed by atoms with van der Waals surface area (Å²) >= 11 is 3.46. The highest BCUT2D eigenvalue weighted by molar-refractivity contribution is 7.14. The number of thiophene rings is 1. The van der Waals surface area contributed by atoms with Crippen molar-refractivity contribution in [3.05, 3.63) is 40.1 Å². The number of nitrogens with one attached hydrogen (secondary N) is 1. The molecule has 5 heteroatoms. The van der Waals surface area contributed by atoms with E-state index in [1.807, 2.05) is 0 Å². The molecule has 1 saturated heterocycles. The van der Waals surface area contributed by atoms with Crippen molar-refractivity contribution in [2.45, 2.75) is 32.4 Å². The van der Waals surface area contributed by atoms with Gasteiger partial charge in [0.2, 0.25) is 0 Å². The van der Waals surface area contributed by atoms with E-state index in [2.05, 4.69) is 45.9 Å². The van der Waals surface area contributed by atoms with E-state index >= 15 is 0 Å². The van der Waals surface area contributed by atoms with Crippen LogP contribution in [-0.2, 0) is 6.54 Å². The molecule has 1 aliphatic heterocycles. The van der Waals surface area contributed by atoms with E-state index in [0.717, 1.165) is 23.8 Å². The van der Waals surface area contributed by atoms with Crippen molar-refractivity contribution < 1.29 is 0 Å². The Kier molecular flexibility index (Phi) is 5.41. The summed E-state index contributed by atoms with van der Waals surface area (Å²) in [6, 6.07) is 2.76. The Morgan fingerprint density at radius 2 is 2.23 bits per heavy atom. The normalized spacial score (nSPS) is 17.0. The van der Waals surface area contributed by atoms with Crippen LogP contribution in [0.15, 0.2) is 34.4 Å². The summed E-state index contributed by atoms with van der Waals surface area (Å²) in [5, 5.41) is 11.2. The number of likely N-dealkylation sites (tertiary alicyclic amines) is 1. The van der Waals surface area contributed by atoms with E-state index in [4.69, 9.17) is 4.98 Å². The first-order valence-electron chi connectivity index (χ1n) is 7.78. The fourth-order valence-electron chi connectivity index (χ4n) is 2.83. The summed E-state index contributed by atoms with van der Waals surface area (Å²) in [6.07, 6.45) is 2.43. The van der Waals surface area contributed by atoms with E-state index < -0.39 is 0 Å². The van der Waals surface area contributed by atoms with Gasteiger partial charge >= 0.3 is 0 Å². The topological polar surface area (TPSA) is 28.2 Å². The van der Waals surface area contributed by atoms with E-state index in [1.165, 1.54) is 37.1 Å². The summed E-state index contributed by atoms with van der Waals surface area (Å²) in [5.74, 6) is 0. The third kappa shape index (κ3) is 4.26. The largest absolute Gasteiger partial charge is 0.308 e. The summed E-state index contributed by atoms with van der Waals surface area (Å²) in [6.45, 7) is 10.4. The Bertz CT molecular complexity index is 595. The van der Waals surface area contributed by atoms with Crippen molar-refractivity contribution in [1.82, 2.24) is 15.2 Å². The van der Waals surface area contributed by atoms with Crippen LogP contribution in [0, 0.1) is 0 Å². The van der Waals surface area contributed by atoms with Gasteiger partial charge in [-0.15, -0.1) is 11.3 Å². The molecule has 22 heavy (non-hydrogen) atoms. The molecule has 0 unspecified atom stereocenters. The molecule has 2 aromatic heterocycles. The summed E-state index contributed by atoms with van der Waals surface area (Å²) in [7, 11) is 0. The molecule has 0 bridgehead atoms. The highest BCUT2D eigenvalue weighted by Crippen LogP contribution is 2.25. The fourth-order valence-corrected chi connectivity index (χ4v) is 4.36. The number of aromatic nitrogens is 1. The molecule has 0 amide bonds. The number of nitrogens with zero attached hydrogens (tertiary/aromatic N) is 2.